The standard InChI is InChI=1S/C24H36Cl2O4/c1-2-3-4-5-6-7-8-9-10-11-12-18-29-23(27)14-13-15-24(28)30-22-19-20(25)16-17-21(22)26/h16-17,19H,2-15,18H2,1H3. The van der Waals surface area contributed by atoms with Gasteiger partial charge in [0.05, 0.1) is 11.6 Å². The van der Waals surface area contributed by atoms with Crippen molar-refractivity contribution in [2.45, 2.75) is 96.8 Å². The second-order valence-corrected chi connectivity index (χ2v) is 8.50. The van der Waals surface area contributed by atoms with Crippen LogP contribution in [0.5, 0.6) is 5.75 Å². The molecule has 0 heterocycles. The first-order valence-electron chi connectivity index (χ1n) is 11.3. The fraction of sp³-hybridized carbons (Fsp3) is 0.667. The highest BCUT2D eigenvalue weighted by Crippen LogP contribution is 2.28. The lowest BCUT2D eigenvalue weighted by atomic mass is 10.1. The number of halogens is 2. The van der Waals surface area contributed by atoms with E-state index in [1.54, 1.807) is 12.1 Å². The molecule has 0 aliphatic carbocycles. The Morgan fingerprint density at radius 1 is 0.767 bits per heavy atom. The van der Waals surface area contributed by atoms with E-state index in [9.17, 15) is 9.59 Å². The van der Waals surface area contributed by atoms with Gasteiger partial charge in [0.25, 0.3) is 0 Å². The summed E-state index contributed by atoms with van der Waals surface area (Å²) in [6.07, 6.45) is 14.6. The van der Waals surface area contributed by atoms with Crippen LogP contribution in [0.2, 0.25) is 10.0 Å². The third-order valence-electron chi connectivity index (χ3n) is 4.89. The van der Waals surface area contributed by atoms with Crippen molar-refractivity contribution in [3.63, 3.8) is 0 Å². The van der Waals surface area contributed by atoms with E-state index in [1.807, 2.05) is 0 Å². The zero-order valence-electron chi connectivity index (χ0n) is 18.2. The smallest absolute Gasteiger partial charge is 0.311 e. The van der Waals surface area contributed by atoms with Gasteiger partial charge < -0.3 is 9.47 Å². The van der Waals surface area contributed by atoms with Crippen LogP contribution in [0, 0.1) is 0 Å². The fourth-order valence-electron chi connectivity index (χ4n) is 3.13. The van der Waals surface area contributed by atoms with E-state index in [4.69, 9.17) is 32.7 Å². The van der Waals surface area contributed by atoms with Gasteiger partial charge in [-0.25, -0.2) is 0 Å². The van der Waals surface area contributed by atoms with Gasteiger partial charge in [-0.15, -0.1) is 0 Å². The number of unbranched alkanes of at least 4 members (excludes halogenated alkanes) is 10. The first-order valence-corrected chi connectivity index (χ1v) is 12.1. The van der Waals surface area contributed by atoms with E-state index in [2.05, 4.69) is 6.92 Å². The molecular weight excluding hydrogens is 423 g/mol. The summed E-state index contributed by atoms with van der Waals surface area (Å²) in [6, 6.07) is 4.68. The molecule has 0 aromatic heterocycles. The van der Waals surface area contributed by atoms with Crippen LogP contribution in [-0.4, -0.2) is 18.5 Å². The number of hydrogen-bond acceptors (Lipinski definition) is 4. The summed E-state index contributed by atoms with van der Waals surface area (Å²) < 4.78 is 10.4. The summed E-state index contributed by atoms with van der Waals surface area (Å²) in [5.74, 6) is -0.485. The van der Waals surface area contributed by atoms with Crippen LogP contribution in [0.1, 0.15) is 96.8 Å². The maximum atomic E-state index is 11.9. The maximum absolute atomic E-state index is 11.9. The van der Waals surface area contributed by atoms with E-state index >= 15 is 0 Å². The molecule has 1 aromatic carbocycles. The monoisotopic (exact) mass is 458 g/mol. The molecule has 0 N–H and O–H groups in total. The van der Waals surface area contributed by atoms with Crippen LogP contribution < -0.4 is 4.74 Å². The van der Waals surface area contributed by atoms with E-state index in [-0.39, 0.29) is 24.6 Å². The maximum Gasteiger partial charge on any atom is 0.311 e. The normalized spacial score (nSPS) is 10.8. The molecule has 1 rings (SSSR count). The number of hydrogen-bond donors (Lipinski definition) is 0. The van der Waals surface area contributed by atoms with Crippen LogP contribution in [0.4, 0.5) is 0 Å². The molecule has 1 aromatic rings. The Morgan fingerprint density at radius 2 is 1.33 bits per heavy atom. The first kappa shape index (κ1) is 26.8. The Morgan fingerprint density at radius 3 is 1.97 bits per heavy atom. The first-order chi connectivity index (χ1) is 14.5. The molecular formula is C24H36Cl2O4. The van der Waals surface area contributed by atoms with Gasteiger partial charge in [0.15, 0.2) is 5.75 Å². The van der Waals surface area contributed by atoms with Gasteiger partial charge in [-0.1, -0.05) is 94.3 Å². The molecule has 4 nitrogen and oxygen atoms in total. The number of ether oxygens (including phenoxy) is 2. The Labute approximate surface area is 191 Å². The molecule has 0 fully saturated rings. The van der Waals surface area contributed by atoms with Crippen LogP contribution in [0.3, 0.4) is 0 Å². The molecule has 6 heteroatoms. The largest absolute Gasteiger partial charge is 0.466 e. The Hall–Kier alpha value is -1.26. The lowest BCUT2D eigenvalue weighted by Gasteiger charge is -2.07. The third-order valence-corrected chi connectivity index (χ3v) is 5.44. The molecule has 30 heavy (non-hydrogen) atoms. The molecule has 0 spiro atoms. The number of carbonyl (C=O) groups excluding carboxylic acids is 2. The van der Waals surface area contributed by atoms with Gasteiger partial charge in [-0.3, -0.25) is 9.59 Å². The van der Waals surface area contributed by atoms with Gasteiger partial charge in [0.1, 0.15) is 0 Å². The molecule has 0 atom stereocenters. The van der Waals surface area contributed by atoms with Crippen molar-refractivity contribution in [1.29, 1.82) is 0 Å². The highest BCUT2D eigenvalue weighted by atomic mass is 35.5. The zero-order chi connectivity index (χ0) is 22.0. The van der Waals surface area contributed by atoms with E-state index in [0.29, 0.717) is 23.1 Å². The van der Waals surface area contributed by atoms with Gasteiger partial charge >= 0.3 is 11.9 Å². The third kappa shape index (κ3) is 13.9. The molecule has 0 amide bonds. The highest BCUT2D eigenvalue weighted by molar-refractivity contribution is 6.34. The second-order valence-electron chi connectivity index (χ2n) is 7.66. The molecule has 0 aliphatic heterocycles. The molecule has 0 bridgehead atoms. The van der Waals surface area contributed by atoms with Crippen molar-refractivity contribution in [3.8, 4) is 5.75 Å². The summed E-state index contributed by atoms with van der Waals surface area (Å²) >= 11 is 11.8. The topological polar surface area (TPSA) is 52.6 Å². The van der Waals surface area contributed by atoms with E-state index in [0.717, 1.165) is 12.8 Å². The summed E-state index contributed by atoms with van der Waals surface area (Å²) in [5.41, 5.74) is 0. The predicted octanol–water partition coefficient (Wildman–Crippen LogP) is 7.92. The molecule has 170 valence electrons. The molecule has 0 saturated carbocycles. The minimum absolute atomic E-state index is 0.121. The van der Waals surface area contributed by atoms with Crippen LogP contribution in [0.25, 0.3) is 0 Å². The zero-order valence-corrected chi connectivity index (χ0v) is 19.7. The summed E-state index contributed by atoms with van der Waals surface area (Å²) in [7, 11) is 0. The number of benzene rings is 1. The lowest BCUT2D eigenvalue weighted by Crippen LogP contribution is -2.10. The number of esters is 2. The minimum atomic E-state index is -0.447. The van der Waals surface area contributed by atoms with Crippen molar-refractivity contribution < 1.29 is 19.1 Å². The fourth-order valence-corrected chi connectivity index (χ4v) is 3.45. The van der Waals surface area contributed by atoms with Crippen molar-refractivity contribution in [2.75, 3.05) is 6.61 Å². The van der Waals surface area contributed by atoms with Gasteiger partial charge in [-0.05, 0) is 25.0 Å². The quantitative estimate of drug-likeness (QED) is 0.135. The Balaban J connectivity index is 1.95. The second kappa shape index (κ2) is 17.4. The van der Waals surface area contributed by atoms with Crippen LogP contribution >= 0.6 is 23.2 Å². The van der Waals surface area contributed by atoms with Gasteiger partial charge in [0, 0.05) is 23.9 Å². The average Bonchev–Trinajstić information content (AvgIpc) is 2.71. The molecule has 0 unspecified atom stereocenters. The van der Waals surface area contributed by atoms with Gasteiger partial charge in [0.2, 0.25) is 0 Å². The number of rotatable bonds is 17. The SMILES string of the molecule is CCCCCCCCCCCCCOC(=O)CCCC(=O)Oc1cc(Cl)ccc1Cl. The van der Waals surface area contributed by atoms with Crippen molar-refractivity contribution in [3.05, 3.63) is 28.2 Å². The molecule has 0 aliphatic rings. The summed E-state index contributed by atoms with van der Waals surface area (Å²) in [5, 5.41) is 0.757. The minimum Gasteiger partial charge on any atom is -0.466 e. The van der Waals surface area contributed by atoms with E-state index < -0.39 is 5.97 Å². The lowest BCUT2D eigenvalue weighted by molar-refractivity contribution is -0.144. The van der Waals surface area contributed by atoms with Crippen molar-refractivity contribution in [1.82, 2.24) is 0 Å². The van der Waals surface area contributed by atoms with Crippen molar-refractivity contribution in [2.24, 2.45) is 0 Å². The number of carbonyl (C=O) groups is 2. The van der Waals surface area contributed by atoms with E-state index in [1.165, 1.54) is 63.9 Å². The highest BCUT2D eigenvalue weighted by Gasteiger charge is 2.11. The Kier molecular flexibility index (Phi) is 15.6. The van der Waals surface area contributed by atoms with Crippen molar-refractivity contribution >= 4 is 35.1 Å². The summed E-state index contributed by atoms with van der Waals surface area (Å²) in [4.78, 5) is 23.6. The van der Waals surface area contributed by atoms with Gasteiger partial charge in [-0.2, -0.15) is 0 Å². The van der Waals surface area contributed by atoms with Crippen LogP contribution in [-0.2, 0) is 14.3 Å². The van der Waals surface area contributed by atoms with Crippen LogP contribution in [0.15, 0.2) is 18.2 Å². The Bertz CT molecular complexity index is 619. The summed E-state index contributed by atoms with van der Waals surface area (Å²) in [6.45, 7) is 2.70. The molecule has 0 radical (unpaired) electrons. The predicted molar refractivity (Wildman–Crippen MR) is 123 cm³/mol. The average molecular weight is 459 g/mol. The molecule has 0 saturated heterocycles.